The minimum absolute atomic E-state index is 1.14. The summed E-state index contributed by atoms with van der Waals surface area (Å²) in [6, 6.07) is 21.0. The fourth-order valence-electron chi connectivity index (χ4n) is 3.17. The van der Waals surface area contributed by atoms with Crippen molar-refractivity contribution < 1.29 is 0 Å². The fourth-order valence-corrected chi connectivity index (χ4v) is 3.17. The van der Waals surface area contributed by atoms with Gasteiger partial charge in [0, 0.05) is 0 Å². The van der Waals surface area contributed by atoms with Crippen LogP contribution in [-0.4, -0.2) is 0 Å². The molecular weight excluding hydrogens is 336 g/mol. The van der Waals surface area contributed by atoms with Gasteiger partial charge in [-0.2, -0.15) is 0 Å². The van der Waals surface area contributed by atoms with Crippen molar-refractivity contribution in [2.24, 2.45) is 0 Å². The Morgan fingerprint density at radius 2 is 0.893 bits per heavy atom. The number of hydrogen-bond acceptors (Lipinski definition) is 0. The Hall–Kier alpha value is -2.08. The van der Waals surface area contributed by atoms with Gasteiger partial charge < -0.3 is 0 Å². The highest BCUT2D eigenvalue weighted by Gasteiger charge is 1.98. The van der Waals surface area contributed by atoms with Crippen molar-refractivity contribution in [3.8, 4) is 0 Å². The molecule has 28 heavy (non-hydrogen) atoms. The van der Waals surface area contributed by atoms with Gasteiger partial charge in [-0.15, -0.1) is 0 Å². The van der Waals surface area contributed by atoms with E-state index in [9.17, 15) is 0 Å². The Morgan fingerprint density at radius 1 is 0.536 bits per heavy atom. The molecule has 0 unspecified atom stereocenters. The molecule has 0 aliphatic rings. The Balaban J connectivity index is 0.000000280. The zero-order valence-corrected chi connectivity index (χ0v) is 18.3. The molecule has 0 aliphatic carbocycles. The molecule has 0 radical (unpaired) electrons. The van der Waals surface area contributed by atoms with Crippen molar-refractivity contribution in [1.29, 1.82) is 0 Å². The molecule has 2 rings (SSSR count). The van der Waals surface area contributed by atoms with Crippen molar-refractivity contribution in [3.05, 3.63) is 84.9 Å². The van der Waals surface area contributed by atoms with Crippen LogP contribution in [0.25, 0.3) is 11.1 Å². The first kappa shape index (κ1) is 24.0. The molecule has 0 heterocycles. The van der Waals surface area contributed by atoms with Gasteiger partial charge in [-0.05, 0) is 48.0 Å². The normalized spacial score (nSPS) is 10.1. The van der Waals surface area contributed by atoms with Gasteiger partial charge in [-0.1, -0.05) is 126 Å². The van der Waals surface area contributed by atoms with E-state index in [4.69, 9.17) is 0 Å². The second kappa shape index (κ2) is 15.9. The lowest BCUT2D eigenvalue weighted by atomic mass is 10.0. The van der Waals surface area contributed by atoms with E-state index < -0.39 is 0 Å². The molecule has 0 bridgehead atoms. The van der Waals surface area contributed by atoms with E-state index in [1.807, 2.05) is 12.1 Å². The Bertz CT molecular complexity index is 577. The van der Waals surface area contributed by atoms with Gasteiger partial charge in [-0.3, -0.25) is 0 Å². The largest absolute Gasteiger partial charge is 0.0952 e. The van der Waals surface area contributed by atoms with Crippen LogP contribution < -0.4 is 0 Å². The van der Waals surface area contributed by atoms with Crippen LogP contribution in [-0.2, 0) is 0 Å². The van der Waals surface area contributed by atoms with Crippen LogP contribution in [0.15, 0.2) is 73.8 Å². The van der Waals surface area contributed by atoms with Gasteiger partial charge in [0.1, 0.15) is 0 Å². The van der Waals surface area contributed by atoms with Crippen LogP contribution in [0.3, 0.4) is 0 Å². The monoisotopic (exact) mass is 376 g/mol. The molecule has 0 fully saturated rings. The second-order valence-electron chi connectivity index (χ2n) is 7.56. The van der Waals surface area contributed by atoms with Crippen LogP contribution in [0.1, 0.15) is 89.2 Å². The predicted octanol–water partition coefficient (Wildman–Crippen LogP) is 9.34. The molecule has 0 aliphatic heterocycles. The molecule has 0 amide bonds. The summed E-state index contributed by atoms with van der Waals surface area (Å²) in [6.45, 7) is 12.7. The zero-order valence-electron chi connectivity index (χ0n) is 18.3. The van der Waals surface area contributed by atoms with Crippen molar-refractivity contribution in [1.82, 2.24) is 0 Å². The summed E-state index contributed by atoms with van der Waals surface area (Å²) in [5.41, 5.74) is 5.15. The molecule has 152 valence electrons. The lowest BCUT2D eigenvalue weighted by molar-refractivity contribution is 0.679. The van der Waals surface area contributed by atoms with E-state index in [0.29, 0.717) is 0 Å². The van der Waals surface area contributed by atoms with E-state index in [2.05, 4.69) is 75.5 Å². The first-order valence-corrected chi connectivity index (χ1v) is 11.1. The van der Waals surface area contributed by atoms with E-state index in [-0.39, 0.29) is 0 Å². The Morgan fingerprint density at radius 3 is 1.21 bits per heavy atom. The summed E-state index contributed by atoms with van der Waals surface area (Å²) in [4.78, 5) is 0. The van der Waals surface area contributed by atoms with Crippen molar-refractivity contribution in [3.63, 3.8) is 0 Å². The predicted molar refractivity (Wildman–Crippen MR) is 128 cm³/mol. The van der Waals surface area contributed by atoms with Gasteiger partial charge in [0.2, 0.25) is 0 Å². The summed E-state index contributed by atoms with van der Waals surface area (Å²) in [6.07, 6.45) is 12.8. The van der Waals surface area contributed by atoms with Gasteiger partial charge in [0.05, 0.1) is 0 Å². The Labute approximate surface area is 174 Å². The maximum absolute atomic E-state index is 4.12. The quantitative estimate of drug-likeness (QED) is 0.324. The highest BCUT2D eigenvalue weighted by atomic mass is 14.0. The molecule has 0 heteroatoms. The molecule has 0 saturated carbocycles. The first-order chi connectivity index (χ1) is 13.7. The smallest absolute Gasteiger partial charge is 0.0230 e. The highest BCUT2D eigenvalue weighted by molar-refractivity contribution is 5.63. The third-order valence-electron chi connectivity index (χ3n) is 5.03. The molecule has 0 spiro atoms. The lowest BCUT2D eigenvalue weighted by Gasteiger charge is -2.04. The number of benzene rings is 2. The van der Waals surface area contributed by atoms with E-state index in [0.717, 1.165) is 12.8 Å². The fraction of sp³-hybridized carbons (Fsp3) is 0.429. The van der Waals surface area contributed by atoms with Gasteiger partial charge in [-0.25, -0.2) is 0 Å². The van der Waals surface area contributed by atoms with E-state index in [1.165, 1.54) is 73.6 Å². The lowest BCUT2D eigenvalue weighted by Crippen LogP contribution is -1.83. The van der Waals surface area contributed by atoms with Crippen LogP contribution in [0.5, 0.6) is 0 Å². The molecule has 2 aromatic rings. The molecule has 2 aromatic carbocycles. The number of rotatable bonds is 12. The molecule has 0 saturated heterocycles. The van der Waals surface area contributed by atoms with Crippen molar-refractivity contribution in [2.45, 2.75) is 78.1 Å². The molecule has 0 N–H and O–H groups in total. The molecule has 0 nitrogen and oxygen atoms in total. The van der Waals surface area contributed by atoms with Gasteiger partial charge in [0.15, 0.2) is 0 Å². The van der Waals surface area contributed by atoms with E-state index >= 15 is 0 Å². The maximum Gasteiger partial charge on any atom is -0.0230 e. The van der Waals surface area contributed by atoms with Crippen LogP contribution in [0.4, 0.5) is 0 Å². The number of unbranched alkanes of at least 4 members (excludes halogenated alkanes) is 6. The summed E-state index contributed by atoms with van der Waals surface area (Å²) >= 11 is 0. The maximum atomic E-state index is 4.12. The Kier molecular flexibility index (Phi) is 13.6. The minimum atomic E-state index is 1.14. The van der Waals surface area contributed by atoms with Crippen molar-refractivity contribution in [2.75, 3.05) is 0 Å². The number of hydrogen-bond donors (Lipinski definition) is 0. The van der Waals surface area contributed by atoms with Gasteiger partial charge >= 0.3 is 0 Å². The minimum Gasteiger partial charge on any atom is -0.0952 e. The summed E-state index contributed by atoms with van der Waals surface area (Å²) in [7, 11) is 0. The third kappa shape index (κ3) is 10.9. The highest BCUT2D eigenvalue weighted by Crippen LogP contribution is 2.19. The second-order valence-corrected chi connectivity index (χ2v) is 7.56. The molecular formula is C28H40. The summed E-state index contributed by atoms with van der Waals surface area (Å²) in [5.74, 6) is 0. The SMILES string of the molecule is C=C(CCCCCC)c1ccccc1.C=C(CCCCCC)c1ccccc1. The van der Waals surface area contributed by atoms with Crippen LogP contribution in [0, 0.1) is 0 Å². The first-order valence-electron chi connectivity index (χ1n) is 11.1. The zero-order chi connectivity index (χ0) is 20.5. The molecule has 0 atom stereocenters. The average molecular weight is 377 g/mol. The van der Waals surface area contributed by atoms with Crippen LogP contribution >= 0.6 is 0 Å². The standard InChI is InChI=1S/2C14H20/c2*1-3-4-5-7-10-13(2)14-11-8-6-9-12-14/h2*6,8-9,11-12H,2-5,7,10H2,1H3. The number of allylic oxidation sites excluding steroid dienone is 2. The van der Waals surface area contributed by atoms with Crippen molar-refractivity contribution >= 4 is 11.1 Å². The van der Waals surface area contributed by atoms with Gasteiger partial charge in [0.25, 0.3) is 0 Å². The third-order valence-corrected chi connectivity index (χ3v) is 5.03. The molecule has 0 aromatic heterocycles. The summed E-state index contributed by atoms with van der Waals surface area (Å²) in [5, 5.41) is 0. The van der Waals surface area contributed by atoms with Crippen LogP contribution in [0.2, 0.25) is 0 Å². The van der Waals surface area contributed by atoms with E-state index in [1.54, 1.807) is 0 Å². The average Bonchev–Trinajstić information content (AvgIpc) is 2.76. The summed E-state index contributed by atoms with van der Waals surface area (Å²) < 4.78 is 0. The topological polar surface area (TPSA) is 0 Å².